The van der Waals surface area contributed by atoms with Crippen molar-refractivity contribution in [1.29, 1.82) is 0 Å². The predicted molar refractivity (Wildman–Crippen MR) is 116 cm³/mol. The van der Waals surface area contributed by atoms with E-state index in [9.17, 15) is 9.50 Å². The molecule has 4 aromatic rings. The summed E-state index contributed by atoms with van der Waals surface area (Å²) in [5.74, 6) is 0.00761. The number of fused-ring (bicyclic) bond motifs is 1. The number of phenolic OH excluding ortho intramolecular Hbond substituents is 1. The van der Waals surface area contributed by atoms with Gasteiger partial charge in [0.25, 0.3) is 0 Å². The van der Waals surface area contributed by atoms with Crippen molar-refractivity contribution in [3.05, 3.63) is 72.3 Å². The number of aromatic amines is 1. The molecule has 0 atom stereocenters. The summed E-state index contributed by atoms with van der Waals surface area (Å²) >= 11 is 0. The Morgan fingerprint density at radius 3 is 2.32 bits per heavy atom. The molecular formula is C24H27FN2O. The van der Waals surface area contributed by atoms with Crippen LogP contribution in [-0.2, 0) is 0 Å². The van der Waals surface area contributed by atoms with Gasteiger partial charge in [0.2, 0.25) is 0 Å². The van der Waals surface area contributed by atoms with Crippen molar-refractivity contribution in [1.82, 2.24) is 9.97 Å². The molecule has 0 fully saturated rings. The van der Waals surface area contributed by atoms with Crippen LogP contribution in [0.5, 0.6) is 5.75 Å². The lowest BCUT2D eigenvalue weighted by molar-refractivity contribution is 0.475. The molecule has 0 bridgehead atoms. The highest BCUT2D eigenvalue weighted by Crippen LogP contribution is 2.32. The average molecular weight is 378 g/mol. The van der Waals surface area contributed by atoms with Gasteiger partial charge in [-0.25, -0.2) is 9.37 Å². The van der Waals surface area contributed by atoms with Crippen molar-refractivity contribution >= 4 is 11.0 Å². The molecule has 2 aromatic heterocycles. The fourth-order valence-corrected chi connectivity index (χ4v) is 2.90. The van der Waals surface area contributed by atoms with E-state index in [1.165, 1.54) is 6.07 Å². The number of aromatic hydroxyl groups is 1. The van der Waals surface area contributed by atoms with Crippen molar-refractivity contribution in [3.63, 3.8) is 0 Å². The van der Waals surface area contributed by atoms with Crippen LogP contribution in [0.25, 0.3) is 33.3 Å². The topological polar surface area (TPSA) is 48.9 Å². The first kappa shape index (κ1) is 21.2. The van der Waals surface area contributed by atoms with Gasteiger partial charge < -0.3 is 10.1 Å². The van der Waals surface area contributed by atoms with Crippen LogP contribution >= 0.6 is 0 Å². The van der Waals surface area contributed by atoms with E-state index < -0.39 is 0 Å². The maximum absolute atomic E-state index is 13.5. The first-order valence-corrected chi connectivity index (χ1v) is 9.65. The summed E-state index contributed by atoms with van der Waals surface area (Å²) in [5, 5.41) is 10.6. The number of rotatable bonds is 2. The first-order valence-electron chi connectivity index (χ1n) is 9.65. The molecule has 0 amide bonds. The van der Waals surface area contributed by atoms with Crippen molar-refractivity contribution in [2.45, 2.75) is 34.6 Å². The molecule has 4 rings (SSSR count). The van der Waals surface area contributed by atoms with Gasteiger partial charge in [-0.2, -0.15) is 0 Å². The number of nitrogens with zero attached hydrogens (tertiary/aromatic N) is 1. The highest BCUT2D eigenvalue weighted by molar-refractivity contribution is 5.95. The van der Waals surface area contributed by atoms with E-state index in [1.807, 2.05) is 52.1 Å². The summed E-state index contributed by atoms with van der Waals surface area (Å²) in [7, 11) is 0. The number of aromatic nitrogens is 2. The Kier molecular flexibility index (Phi) is 7.33. The van der Waals surface area contributed by atoms with Crippen molar-refractivity contribution < 1.29 is 9.50 Å². The number of H-pyrrole nitrogens is 1. The van der Waals surface area contributed by atoms with Gasteiger partial charge in [0.05, 0.1) is 0 Å². The van der Waals surface area contributed by atoms with Crippen LogP contribution in [0.1, 0.15) is 33.3 Å². The van der Waals surface area contributed by atoms with Gasteiger partial charge in [-0.3, -0.25) is 0 Å². The second-order valence-corrected chi connectivity index (χ2v) is 5.84. The SMILES string of the molecule is CC.CC.Cc1cc(-c2c[nH]c3ncc(-c4cccc(O)c4)cc23)ccc1F. The number of hydrogen-bond acceptors (Lipinski definition) is 2. The van der Waals surface area contributed by atoms with Gasteiger partial charge in [-0.15, -0.1) is 0 Å². The molecule has 0 aliphatic carbocycles. The molecule has 0 spiro atoms. The van der Waals surface area contributed by atoms with Crippen LogP contribution in [0.2, 0.25) is 0 Å². The summed E-state index contributed by atoms with van der Waals surface area (Å²) in [5.41, 5.74) is 5.11. The molecule has 0 unspecified atom stereocenters. The minimum atomic E-state index is -0.211. The fraction of sp³-hybridized carbons (Fsp3) is 0.208. The van der Waals surface area contributed by atoms with Gasteiger partial charge in [-0.1, -0.05) is 45.9 Å². The van der Waals surface area contributed by atoms with Crippen molar-refractivity contribution in [2.24, 2.45) is 0 Å². The van der Waals surface area contributed by atoms with Gasteiger partial charge >= 0.3 is 0 Å². The number of aryl methyl sites for hydroxylation is 1. The Labute approximate surface area is 165 Å². The molecule has 28 heavy (non-hydrogen) atoms. The number of pyridine rings is 1. The third-order valence-electron chi connectivity index (χ3n) is 4.18. The number of phenols is 1. The summed E-state index contributed by atoms with van der Waals surface area (Å²) in [6.07, 6.45) is 3.66. The zero-order valence-corrected chi connectivity index (χ0v) is 17.0. The van der Waals surface area contributed by atoms with Crippen molar-refractivity contribution in [3.8, 4) is 28.0 Å². The van der Waals surface area contributed by atoms with E-state index in [-0.39, 0.29) is 11.6 Å². The lowest BCUT2D eigenvalue weighted by Crippen LogP contribution is -1.85. The van der Waals surface area contributed by atoms with Gasteiger partial charge in [0.15, 0.2) is 0 Å². The van der Waals surface area contributed by atoms with E-state index in [4.69, 9.17) is 0 Å². The van der Waals surface area contributed by atoms with Crippen LogP contribution in [0, 0.1) is 12.7 Å². The second-order valence-electron chi connectivity index (χ2n) is 5.84. The van der Waals surface area contributed by atoms with Crippen LogP contribution in [-0.4, -0.2) is 15.1 Å². The molecular weight excluding hydrogens is 351 g/mol. The maximum atomic E-state index is 13.5. The highest BCUT2D eigenvalue weighted by atomic mass is 19.1. The lowest BCUT2D eigenvalue weighted by atomic mass is 10.0. The zero-order chi connectivity index (χ0) is 20.7. The standard InChI is InChI=1S/C20H15FN2O.2C2H6/c1-12-7-14(5-6-19(12)21)18-11-23-20-17(18)9-15(10-22-20)13-3-2-4-16(24)8-13;2*1-2/h2-11,24H,1H3,(H,22,23);2*1-2H3. The molecule has 2 heterocycles. The van der Waals surface area contributed by atoms with Crippen LogP contribution in [0.3, 0.4) is 0 Å². The summed E-state index contributed by atoms with van der Waals surface area (Å²) in [4.78, 5) is 7.62. The van der Waals surface area contributed by atoms with Crippen LogP contribution in [0.4, 0.5) is 4.39 Å². The molecule has 0 aliphatic rings. The number of nitrogens with one attached hydrogen (secondary N) is 1. The minimum absolute atomic E-state index is 0.211. The molecule has 0 radical (unpaired) electrons. The Morgan fingerprint density at radius 1 is 0.893 bits per heavy atom. The molecule has 3 nitrogen and oxygen atoms in total. The van der Waals surface area contributed by atoms with Gasteiger partial charge in [0.1, 0.15) is 17.2 Å². The first-order chi connectivity index (χ1) is 13.6. The predicted octanol–water partition coefficient (Wildman–Crippen LogP) is 7.10. The monoisotopic (exact) mass is 378 g/mol. The third-order valence-corrected chi connectivity index (χ3v) is 4.18. The normalized spacial score (nSPS) is 9.93. The number of halogens is 1. The summed E-state index contributed by atoms with van der Waals surface area (Å²) < 4.78 is 13.5. The average Bonchev–Trinajstić information content (AvgIpc) is 3.16. The quantitative estimate of drug-likeness (QED) is 0.391. The highest BCUT2D eigenvalue weighted by Gasteiger charge is 2.10. The summed E-state index contributed by atoms with van der Waals surface area (Å²) in [6.45, 7) is 9.75. The lowest BCUT2D eigenvalue weighted by Gasteiger charge is -2.05. The van der Waals surface area contributed by atoms with E-state index in [1.54, 1.807) is 37.4 Å². The van der Waals surface area contributed by atoms with Crippen molar-refractivity contribution in [2.75, 3.05) is 0 Å². The third kappa shape index (κ3) is 4.39. The van der Waals surface area contributed by atoms with Crippen LogP contribution in [0.15, 0.2) is 60.9 Å². The van der Waals surface area contributed by atoms with E-state index in [2.05, 4.69) is 9.97 Å². The molecule has 0 saturated carbocycles. The Hall–Kier alpha value is -3.14. The largest absolute Gasteiger partial charge is 0.508 e. The van der Waals surface area contributed by atoms with Gasteiger partial charge in [0, 0.05) is 28.9 Å². The van der Waals surface area contributed by atoms with E-state index in [0.717, 1.165) is 33.3 Å². The Morgan fingerprint density at radius 2 is 1.64 bits per heavy atom. The molecule has 0 aliphatic heterocycles. The van der Waals surface area contributed by atoms with E-state index >= 15 is 0 Å². The molecule has 4 heteroatoms. The zero-order valence-electron chi connectivity index (χ0n) is 17.0. The maximum Gasteiger partial charge on any atom is 0.137 e. The second kappa shape index (κ2) is 9.70. The van der Waals surface area contributed by atoms with Crippen LogP contribution < -0.4 is 0 Å². The molecule has 146 valence electrons. The smallest absolute Gasteiger partial charge is 0.137 e. The Balaban J connectivity index is 0.000000660. The Bertz CT molecular complexity index is 1050. The van der Waals surface area contributed by atoms with E-state index in [0.29, 0.717) is 5.56 Å². The molecule has 2 aromatic carbocycles. The number of hydrogen-bond donors (Lipinski definition) is 2. The number of benzene rings is 2. The van der Waals surface area contributed by atoms with Gasteiger partial charge in [-0.05, 0) is 53.9 Å². The molecule has 0 saturated heterocycles. The fourth-order valence-electron chi connectivity index (χ4n) is 2.90. The minimum Gasteiger partial charge on any atom is -0.508 e. The summed E-state index contributed by atoms with van der Waals surface area (Å²) in [6, 6.07) is 14.2. The molecule has 2 N–H and O–H groups in total.